The van der Waals surface area contributed by atoms with Crippen LogP contribution in [0.15, 0.2) is 18.2 Å². The molecule has 0 aromatic heterocycles. The van der Waals surface area contributed by atoms with E-state index in [0.29, 0.717) is 5.56 Å². The third kappa shape index (κ3) is 2.66. The van der Waals surface area contributed by atoms with Crippen LogP contribution in [0.2, 0.25) is 0 Å². The molecule has 1 rings (SSSR count). The van der Waals surface area contributed by atoms with E-state index >= 15 is 0 Å². The Labute approximate surface area is 75.8 Å². The van der Waals surface area contributed by atoms with Gasteiger partial charge in [-0.1, -0.05) is 12.1 Å². The molecule has 0 fully saturated rings. The van der Waals surface area contributed by atoms with Gasteiger partial charge in [-0.05, 0) is 18.6 Å². The SMILES string of the molecule is Cc1ccc(CNC(=O)O)c(O)c1. The predicted molar refractivity (Wildman–Crippen MR) is 47.7 cm³/mol. The first-order chi connectivity index (χ1) is 6.09. The van der Waals surface area contributed by atoms with Gasteiger partial charge in [-0.25, -0.2) is 4.79 Å². The Kier molecular flexibility index (Phi) is 2.74. The number of aromatic hydroxyl groups is 1. The molecule has 0 atom stereocenters. The lowest BCUT2D eigenvalue weighted by molar-refractivity contribution is 0.194. The lowest BCUT2D eigenvalue weighted by Crippen LogP contribution is -2.19. The quantitative estimate of drug-likeness (QED) is 0.647. The summed E-state index contributed by atoms with van der Waals surface area (Å²) >= 11 is 0. The molecule has 1 aromatic carbocycles. The number of carbonyl (C=O) groups is 1. The summed E-state index contributed by atoms with van der Waals surface area (Å²) in [6.07, 6.45) is -1.10. The average molecular weight is 181 g/mol. The molecule has 0 bridgehead atoms. The smallest absolute Gasteiger partial charge is 0.404 e. The van der Waals surface area contributed by atoms with Crippen LogP contribution in [0.25, 0.3) is 0 Å². The molecule has 0 spiro atoms. The molecule has 1 aromatic rings. The first kappa shape index (κ1) is 9.38. The minimum Gasteiger partial charge on any atom is -0.508 e. The number of hydrogen-bond acceptors (Lipinski definition) is 2. The molecule has 4 heteroatoms. The largest absolute Gasteiger partial charge is 0.508 e. The van der Waals surface area contributed by atoms with Crippen LogP contribution >= 0.6 is 0 Å². The summed E-state index contributed by atoms with van der Waals surface area (Å²) in [5, 5.41) is 19.9. The number of hydrogen-bond donors (Lipinski definition) is 3. The summed E-state index contributed by atoms with van der Waals surface area (Å²) in [6.45, 7) is 1.98. The predicted octanol–water partition coefficient (Wildman–Crippen LogP) is 1.47. The fourth-order valence-electron chi connectivity index (χ4n) is 0.994. The van der Waals surface area contributed by atoms with Crippen molar-refractivity contribution in [1.29, 1.82) is 0 Å². The molecule has 0 radical (unpaired) electrons. The van der Waals surface area contributed by atoms with Crippen LogP contribution in [0, 0.1) is 6.92 Å². The number of benzene rings is 1. The molecular weight excluding hydrogens is 170 g/mol. The molecular formula is C9H11NO3. The van der Waals surface area contributed by atoms with E-state index in [0.717, 1.165) is 5.56 Å². The van der Waals surface area contributed by atoms with Crippen LogP contribution in [0.1, 0.15) is 11.1 Å². The summed E-state index contributed by atoms with van der Waals surface area (Å²) in [7, 11) is 0. The van der Waals surface area contributed by atoms with E-state index in [1.165, 1.54) is 0 Å². The van der Waals surface area contributed by atoms with Crippen LogP contribution in [0.5, 0.6) is 5.75 Å². The van der Waals surface area contributed by atoms with E-state index in [1.807, 2.05) is 13.0 Å². The minimum atomic E-state index is -1.10. The Morgan fingerprint density at radius 1 is 1.54 bits per heavy atom. The maximum atomic E-state index is 10.2. The second-order valence-electron chi connectivity index (χ2n) is 2.79. The van der Waals surface area contributed by atoms with Gasteiger partial charge in [-0.15, -0.1) is 0 Å². The van der Waals surface area contributed by atoms with Crippen molar-refractivity contribution in [3.63, 3.8) is 0 Å². The Bertz CT molecular complexity index is 323. The second-order valence-corrected chi connectivity index (χ2v) is 2.79. The molecule has 0 saturated heterocycles. The Balaban J connectivity index is 2.72. The third-order valence-corrected chi connectivity index (χ3v) is 1.67. The van der Waals surface area contributed by atoms with Gasteiger partial charge in [0.15, 0.2) is 0 Å². The molecule has 13 heavy (non-hydrogen) atoms. The topological polar surface area (TPSA) is 69.6 Å². The summed E-state index contributed by atoms with van der Waals surface area (Å²) < 4.78 is 0. The van der Waals surface area contributed by atoms with Crippen molar-refractivity contribution in [3.05, 3.63) is 29.3 Å². The zero-order valence-electron chi connectivity index (χ0n) is 7.24. The number of aryl methyl sites for hydroxylation is 1. The first-order valence-corrected chi connectivity index (χ1v) is 3.85. The van der Waals surface area contributed by atoms with Crippen molar-refractivity contribution >= 4 is 6.09 Å². The summed E-state index contributed by atoms with van der Waals surface area (Å²) in [6, 6.07) is 5.11. The molecule has 4 nitrogen and oxygen atoms in total. The van der Waals surface area contributed by atoms with Gasteiger partial charge >= 0.3 is 6.09 Å². The van der Waals surface area contributed by atoms with Crippen LogP contribution in [0.4, 0.5) is 4.79 Å². The van der Waals surface area contributed by atoms with Crippen molar-refractivity contribution in [2.45, 2.75) is 13.5 Å². The number of nitrogens with one attached hydrogen (secondary N) is 1. The molecule has 0 aliphatic rings. The van der Waals surface area contributed by atoms with Crippen molar-refractivity contribution in [3.8, 4) is 5.75 Å². The fraction of sp³-hybridized carbons (Fsp3) is 0.222. The number of amides is 1. The van der Waals surface area contributed by atoms with Crippen molar-refractivity contribution in [2.75, 3.05) is 0 Å². The summed E-state index contributed by atoms with van der Waals surface area (Å²) in [4.78, 5) is 10.2. The molecule has 0 heterocycles. The molecule has 0 aliphatic carbocycles. The molecule has 0 saturated carbocycles. The van der Waals surface area contributed by atoms with E-state index < -0.39 is 6.09 Å². The summed E-state index contributed by atoms with van der Waals surface area (Å²) in [5.74, 6) is 0.119. The van der Waals surface area contributed by atoms with Gasteiger partial charge in [0.2, 0.25) is 0 Å². The normalized spacial score (nSPS) is 9.62. The van der Waals surface area contributed by atoms with Crippen molar-refractivity contribution in [1.82, 2.24) is 5.32 Å². The van der Waals surface area contributed by atoms with Crippen LogP contribution in [0.3, 0.4) is 0 Å². The molecule has 1 amide bonds. The maximum absolute atomic E-state index is 10.2. The van der Waals surface area contributed by atoms with Crippen molar-refractivity contribution < 1.29 is 15.0 Å². The minimum absolute atomic E-state index is 0.119. The van der Waals surface area contributed by atoms with E-state index in [1.54, 1.807) is 12.1 Å². The van der Waals surface area contributed by atoms with Gasteiger partial charge in [0.25, 0.3) is 0 Å². The van der Waals surface area contributed by atoms with Crippen LogP contribution in [-0.2, 0) is 6.54 Å². The van der Waals surface area contributed by atoms with Gasteiger partial charge in [0.05, 0.1) is 0 Å². The van der Waals surface area contributed by atoms with E-state index in [4.69, 9.17) is 5.11 Å². The van der Waals surface area contributed by atoms with Gasteiger partial charge in [0, 0.05) is 12.1 Å². The Morgan fingerprint density at radius 3 is 2.77 bits per heavy atom. The second kappa shape index (κ2) is 3.80. The highest BCUT2D eigenvalue weighted by Gasteiger charge is 2.01. The monoisotopic (exact) mass is 181 g/mol. The van der Waals surface area contributed by atoms with Crippen molar-refractivity contribution in [2.24, 2.45) is 0 Å². The molecule has 0 aliphatic heterocycles. The van der Waals surface area contributed by atoms with Gasteiger partial charge in [0.1, 0.15) is 5.75 Å². The highest BCUT2D eigenvalue weighted by atomic mass is 16.4. The zero-order chi connectivity index (χ0) is 9.84. The number of phenolic OH excluding ortho intramolecular Hbond substituents is 1. The highest BCUT2D eigenvalue weighted by molar-refractivity contribution is 5.64. The Hall–Kier alpha value is -1.71. The number of rotatable bonds is 2. The lowest BCUT2D eigenvalue weighted by atomic mass is 10.1. The van der Waals surface area contributed by atoms with E-state index in [2.05, 4.69) is 5.32 Å². The van der Waals surface area contributed by atoms with Crippen LogP contribution < -0.4 is 5.32 Å². The summed E-state index contributed by atoms with van der Waals surface area (Å²) in [5.41, 5.74) is 1.52. The average Bonchev–Trinajstić information content (AvgIpc) is 2.02. The number of carboxylic acid groups (broad SMARTS) is 1. The van der Waals surface area contributed by atoms with E-state index in [9.17, 15) is 9.90 Å². The van der Waals surface area contributed by atoms with Gasteiger partial charge in [-0.2, -0.15) is 0 Å². The lowest BCUT2D eigenvalue weighted by Gasteiger charge is -2.04. The molecule has 3 N–H and O–H groups in total. The van der Waals surface area contributed by atoms with E-state index in [-0.39, 0.29) is 12.3 Å². The third-order valence-electron chi connectivity index (χ3n) is 1.67. The van der Waals surface area contributed by atoms with Gasteiger partial charge < -0.3 is 15.5 Å². The molecule has 0 unspecified atom stereocenters. The zero-order valence-corrected chi connectivity index (χ0v) is 7.24. The standard InChI is InChI=1S/C9H11NO3/c1-6-2-3-7(8(11)4-6)5-10-9(12)13/h2-4,10-11H,5H2,1H3,(H,12,13). The fourth-order valence-corrected chi connectivity index (χ4v) is 0.994. The molecule has 70 valence electrons. The highest BCUT2D eigenvalue weighted by Crippen LogP contribution is 2.17. The number of phenols is 1. The first-order valence-electron chi connectivity index (χ1n) is 3.85. The van der Waals surface area contributed by atoms with Crippen LogP contribution in [-0.4, -0.2) is 16.3 Å². The maximum Gasteiger partial charge on any atom is 0.404 e. The Morgan fingerprint density at radius 2 is 2.23 bits per heavy atom. The van der Waals surface area contributed by atoms with Gasteiger partial charge in [-0.3, -0.25) is 0 Å².